The zero-order valence-corrected chi connectivity index (χ0v) is 17.0. The standard InChI is InChI=1S/C22H27FN4O2/c1-15(29-19-5-3-18(23)4-6-19)22(28)27-11-7-16(8-12-27)21-24-13-17-14-26(2)10-9-20(17)25-21/h3-6,13,15-16H,7-12,14H2,1-2H3/t15-/m1/s1. The van der Waals surface area contributed by atoms with Crippen molar-refractivity contribution >= 4 is 5.91 Å². The topological polar surface area (TPSA) is 58.6 Å². The van der Waals surface area contributed by atoms with E-state index in [9.17, 15) is 9.18 Å². The summed E-state index contributed by atoms with van der Waals surface area (Å²) >= 11 is 0. The molecule has 154 valence electrons. The first kappa shape index (κ1) is 19.8. The Labute approximate surface area is 170 Å². The number of likely N-dealkylation sites (tertiary alicyclic amines) is 1. The quantitative estimate of drug-likeness (QED) is 0.793. The van der Waals surface area contributed by atoms with Crippen LogP contribution in [0.5, 0.6) is 5.75 Å². The highest BCUT2D eigenvalue weighted by Gasteiger charge is 2.29. The molecule has 0 bridgehead atoms. The van der Waals surface area contributed by atoms with E-state index in [0.29, 0.717) is 18.8 Å². The van der Waals surface area contributed by atoms with Gasteiger partial charge in [0.1, 0.15) is 17.4 Å². The van der Waals surface area contributed by atoms with Gasteiger partial charge in [-0.2, -0.15) is 0 Å². The van der Waals surface area contributed by atoms with E-state index in [4.69, 9.17) is 9.72 Å². The lowest BCUT2D eigenvalue weighted by atomic mass is 9.95. The molecule has 1 aromatic heterocycles. The van der Waals surface area contributed by atoms with E-state index in [-0.39, 0.29) is 17.6 Å². The summed E-state index contributed by atoms with van der Waals surface area (Å²) in [5, 5.41) is 0. The maximum atomic E-state index is 13.0. The zero-order chi connectivity index (χ0) is 20.4. The Balaban J connectivity index is 1.33. The van der Waals surface area contributed by atoms with Gasteiger partial charge in [0.05, 0.1) is 0 Å². The van der Waals surface area contributed by atoms with Crippen molar-refractivity contribution in [3.05, 3.63) is 53.4 Å². The lowest BCUT2D eigenvalue weighted by molar-refractivity contribution is -0.139. The largest absolute Gasteiger partial charge is 0.481 e. The van der Waals surface area contributed by atoms with E-state index in [1.165, 1.54) is 35.5 Å². The maximum Gasteiger partial charge on any atom is 0.263 e. The molecule has 1 amide bonds. The molecule has 2 aliphatic heterocycles. The van der Waals surface area contributed by atoms with Gasteiger partial charge in [-0.05, 0) is 51.1 Å². The van der Waals surface area contributed by atoms with E-state index in [0.717, 1.165) is 38.2 Å². The summed E-state index contributed by atoms with van der Waals surface area (Å²) in [7, 11) is 2.12. The van der Waals surface area contributed by atoms with Crippen LogP contribution in [0.3, 0.4) is 0 Å². The Bertz CT molecular complexity index is 866. The molecule has 0 radical (unpaired) electrons. The number of aromatic nitrogens is 2. The van der Waals surface area contributed by atoms with Crippen LogP contribution in [-0.2, 0) is 17.8 Å². The highest BCUT2D eigenvalue weighted by atomic mass is 19.1. The zero-order valence-electron chi connectivity index (χ0n) is 17.0. The number of nitrogens with zero attached hydrogens (tertiary/aromatic N) is 4. The summed E-state index contributed by atoms with van der Waals surface area (Å²) in [6.07, 6.45) is 4.05. The van der Waals surface area contributed by atoms with Gasteiger partial charge in [-0.25, -0.2) is 14.4 Å². The first-order valence-electron chi connectivity index (χ1n) is 10.2. The highest BCUT2D eigenvalue weighted by molar-refractivity contribution is 5.81. The van der Waals surface area contributed by atoms with Crippen LogP contribution in [0, 0.1) is 5.82 Å². The van der Waals surface area contributed by atoms with Crippen molar-refractivity contribution in [3.63, 3.8) is 0 Å². The summed E-state index contributed by atoms with van der Waals surface area (Å²) in [6, 6.07) is 5.73. The number of fused-ring (bicyclic) bond motifs is 1. The number of carbonyl (C=O) groups excluding carboxylic acids is 1. The molecule has 2 aromatic rings. The van der Waals surface area contributed by atoms with Crippen LogP contribution < -0.4 is 4.74 Å². The second kappa shape index (κ2) is 8.45. The maximum absolute atomic E-state index is 13.0. The number of rotatable bonds is 4. The lowest BCUT2D eigenvalue weighted by Crippen LogP contribution is -2.44. The van der Waals surface area contributed by atoms with Gasteiger partial charge in [0.2, 0.25) is 0 Å². The second-order valence-corrected chi connectivity index (χ2v) is 8.00. The molecule has 0 N–H and O–H groups in total. The Morgan fingerprint density at radius 3 is 2.66 bits per heavy atom. The van der Waals surface area contributed by atoms with Gasteiger partial charge in [-0.15, -0.1) is 0 Å². The van der Waals surface area contributed by atoms with E-state index in [2.05, 4.69) is 16.9 Å². The molecule has 0 spiro atoms. The van der Waals surface area contributed by atoms with Crippen LogP contribution >= 0.6 is 0 Å². The summed E-state index contributed by atoms with van der Waals surface area (Å²) in [4.78, 5) is 26.3. The van der Waals surface area contributed by atoms with Crippen molar-refractivity contribution in [1.29, 1.82) is 0 Å². The van der Waals surface area contributed by atoms with Gasteiger partial charge in [-0.1, -0.05) is 0 Å². The number of piperidine rings is 1. The van der Waals surface area contributed by atoms with Crippen molar-refractivity contribution in [2.24, 2.45) is 0 Å². The van der Waals surface area contributed by atoms with Crippen LogP contribution in [0.2, 0.25) is 0 Å². The summed E-state index contributed by atoms with van der Waals surface area (Å²) in [6.45, 7) is 5.02. The lowest BCUT2D eigenvalue weighted by Gasteiger charge is -2.33. The average molecular weight is 398 g/mol. The van der Waals surface area contributed by atoms with Crippen LogP contribution in [0.25, 0.3) is 0 Å². The first-order valence-corrected chi connectivity index (χ1v) is 10.2. The van der Waals surface area contributed by atoms with Gasteiger partial charge in [-0.3, -0.25) is 4.79 Å². The number of benzene rings is 1. The van der Waals surface area contributed by atoms with Crippen LogP contribution in [-0.4, -0.2) is 58.5 Å². The molecule has 7 heteroatoms. The third-order valence-electron chi connectivity index (χ3n) is 5.79. The third-order valence-corrected chi connectivity index (χ3v) is 5.79. The fourth-order valence-corrected chi connectivity index (χ4v) is 4.05. The Morgan fingerprint density at radius 2 is 1.93 bits per heavy atom. The second-order valence-electron chi connectivity index (χ2n) is 8.00. The molecular weight excluding hydrogens is 371 g/mol. The third kappa shape index (κ3) is 4.56. The van der Waals surface area contributed by atoms with Gasteiger partial charge < -0.3 is 14.5 Å². The van der Waals surface area contributed by atoms with Crippen LogP contribution in [0.4, 0.5) is 4.39 Å². The van der Waals surface area contributed by atoms with Gasteiger partial charge >= 0.3 is 0 Å². The fourth-order valence-electron chi connectivity index (χ4n) is 4.05. The Morgan fingerprint density at radius 1 is 1.21 bits per heavy atom. The minimum Gasteiger partial charge on any atom is -0.481 e. The molecule has 1 fully saturated rings. The van der Waals surface area contributed by atoms with Crippen molar-refractivity contribution in [2.75, 3.05) is 26.7 Å². The molecule has 0 unspecified atom stereocenters. The molecule has 0 aliphatic carbocycles. The van der Waals surface area contributed by atoms with E-state index < -0.39 is 6.10 Å². The number of amides is 1. The minimum atomic E-state index is -0.603. The number of ether oxygens (including phenoxy) is 1. The molecule has 1 atom stereocenters. The Kier molecular flexibility index (Phi) is 5.76. The summed E-state index contributed by atoms with van der Waals surface area (Å²) < 4.78 is 18.7. The monoisotopic (exact) mass is 398 g/mol. The molecule has 1 saturated heterocycles. The molecule has 0 saturated carbocycles. The first-order chi connectivity index (χ1) is 14.0. The molecule has 4 rings (SSSR count). The molecule has 29 heavy (non-hydrogen) atoms. The van der Waals surface area contributed by atoms with Crippen LogP contribution in [0.1, 0.15) is 42.8 Å². The minimum absolute atomic E-state index is 0.0397. The van der Waals surface area contributed by atoms with Crippen molar-refractivity contribution in [3.8, 4) is 5.75 Å². The Hall–Kier alpha value is -2.54. The number of hydrogen-bond acceptors (Lipinski definition) is 5. The molecule has 1 aromatic carbocycles. The molecule has 6 nitrogen and oxygen atoms in total. The van der Waals surface area contributed by atoms with E-state index in [1.54, 1.807) is 6.92 Å². The molecular formula is C22H27FN4O2. The predicted molar refractivity (Wildman–Crippen MR) is 107 cm³/mol. The average Bonchev–Trinajstić information content (AvgIpc) is 2.74. The van der Waals surface area contributed by atoms with Gasteiger partial charge in [0.25, 0.3) is 5.91 Å². The van der Waals surface area contributed by atoms with Crippen molar-refractivity contribution in [1.82, 2.24) is 19.8 Å². The van der Waals surface area contributed by atoms with Gasteiger partial charge in [0.15, 0.2) is 6.10 Å². The summed E-state index contributed by atoms with van der Waals surface area (Å²) in [5.41, 5.74) is 2.40. The fraction of sp³-hybridized carbons (Fsp3) is 0.500. The molecule has 3 heterocycles. The normalized spacial score (nSPS) is 18.9. The van der Waals surface area contributed by atoms with Crippen LogP contribution in [0.15, 0.2) is 30.5 Å². The summed E-state index contributed by atoms with van der Waals surface area (Å²) in [5.74, 6) is 1.33. The number of likely N-dealkylation sites (N-methyl/N-ethyl adjacent to an activating group) is 1. The number of hydrogen-bond donors (Lipinski definition) is 0. The number of halogens is 1. The highest BCUT2D eigenvalue weighted by Crippen LogP contribution is 2.27. The van der Waals surface area contributed by atoms with Crippen molar-refractivity contribution < 1.29 is 13.9 Å². The van der Waals surface area contributed by atoms with E-state index in [1.807, 2.05) is 11.1 Å². The predicted octanol–water partition coefficient (Wildman–Crippen LogP) is 2.78. The SMILES string of the molecule is C[C@@H](Oc1ccc(F)cc1)C(=O)N1CCC(c2ncc3c(n2)CCN(C)C3)CC1. The van der Waals surface area contributed by atoms with Gasteiger partial charge in [0, 0.05) is 56.0 Å². The van der Waals surface area contributed by atoms with E-state index >= 15 is 0 Å². The number of carbonyl (C=O) groups is 1. The smallest absolute Gasteiger partial charge is 0.263 e. The molecule has 2 aliphatic rings. The van der Waals surface area contributed by atoms with Crippen molar-refractivity contribution in [2.45, 2.75) is 44.8 Å².